The molecule has 27 atom stereocenters. The molecule has 4 N–H and O–H groups in total. The summed E-state index contributed by atoms with van der Waals surface area (Å²) in [6, 6.07) is 0. The number of ether oxygens (including phenoxy) is 14. The zero-order chi connectivity index (χ0) is 53.1. The lowest BCUT2D eigenvalue weighted by molar-refractivity contribution is -0.355. The monoisotopic (exact) mass is 1040 g/mol. The average molecular weight is 1040 g/mol. The molecule has 4 aliphatic heterocycles. The summed E-state index contributed by atoms with van der Waals surface area (Å²) in [6.45, 7) is 15.9. The van der Waals surface area contributed by atoms with Crippen molar-refractivity contribution in [3.05, 3.63) is 11.6 Å². The molecular weight excluding hydrogens is 957 g/mol. The lowest BCUT2D eigenvalue weighted by Gasteiger charge is -2.65. The molecule has 20 heteroatoms. The second-order valence-corrected chi connectivity index (χ2v) is 22.7. The summed E-state index contributed by atoms with van der Waals surface area (Å²) in [5.74, 6) is -2.06. The maximum atomic E-state index is 12.9. The lowest BCUT2D eigenvalue weighted by atomic mass is 9.43. The van der Waals surface area contributed by atoms with Crippen molar-refractivity contribution in [3.8, 4) is 0 Å². The number of hydrogen-bond donors (Lipinski definition) is 4. The minimum absolute atomic E-state index is 0.195. The van der Waals surface area contributed by atoms with Gasteiger partial charge in [0.2, 0.25) is 0 Å². The van der Waals surface area contributed by atoms with Crippen LogP contribution in [0.2, 0.25) is 0 Å². The summed E-state index contributed by atoms with van der Waals surface area (Å²) in [5.41, 5.74) is -1.71. The van der Waals surface area contributed by atoms with Gasteiger partial charge in [-0.15, -0.1) is 0 Å². The molecule has 418 valence electrons. The van der Waals surface area contributed by atoms with E-state index >= 15 is 0 Å². The smallest absolute Gasteiger partial charge is 0.303 e. The van der Waals surface area contributed by atoms with Crippen LogP contribution in [0.15, 0.2) is 11.6 Å². The molecule has 20 nitrogen and oxygen atoms in total. The van der Waals surface area contributed by atoms with Crippen LogP contribution in [0.25, 0.3) is 0 Å². The van der Waals surface area contributed by atoms with E-state index in [9.17, 15) is 30.0 Å². The van der Waals surface area contributed by atoms with Crippen LogP contribution in [-0.2, 0) is 75.9 Å². The summed E-state index contributed by atoms with van der Waals surface area (Å²) >= 11 is 0. The van der Waals surface area contributed by atoms with Crippen molar-refractivity contribution in [1.82, 2.24) is 0 Å². The molecule has 0 bridgehead atoms. The molecule has 0 radical (unpaired) electrons. The molecule has 4 heterocycles. The SMILES string of the molecule is CO[C@H]1[C@@H](O)[C@H](O[C@@H]2[C@@H](C)O[C@@H](O[C@H]3[C@@H](OC)C[C@H](O[C@H]4[C@@H](OC)C[C@H](O[C@H]5CC[C@@]6(C)C(=CC[C@@H]7[C@@H]6[C@H](OC(C)=O)[C@@H](OC(C)=O)[C@]6(C)[C@@H]([C@H](C)O)CC[C@]76O)C5)O[C@@H]4C)O[C@@H]3C)C[C@H]2OC)O[C@H](C)[C@H]1O. The number of methoxy groups -OCH3 is 4. The summed E-state index contributed by atoms with van der Waals surface area (Å²) in [7, 11) is 6.27. The molecule has 73 heavy (non-hydrogen) atoms. The highest BCUT2D eigenvalue weighted by atomic mass is 16.8. The molecule has 3 saturated carbocycles. The Kier molecular flexibility index (Phi) is 17.9. The number of carbonyl (C=O) groups excluding carboxylic acids is 2. The van der Waals surface area contributed by atoms with Crippen LogP contribution in [0.3, 0.4) is 0 Å². The van der Waals surface area contributed by atoms with Gasteiger partial charge in [0.15, 0.2) is 25.2 Å². The minimum Gasteiger partial charge on any atom is -0.458 e. The Labute approximate surface area is 430 Å². The molecule has 0 amide bonds. The van der Waals surface area contributed by atoms with Crippen LogP contribution in [0.4, 0.5) is 0 Å². The first-order valence-corrected chi connectivity index (χ1v) is 26.7. The zero-order valence-electron chi connectivity index (χ0n) is 45.1. The second-order valence-electron chi connectivity index (χ2n) is 22.7. The first-order valence-electron chi connectivity index (χ1n) is 26.7. The molecule has 0 aromatic heterocycles. The van der Waals surface area contributed by atoms with Crippen LogP contribution in [0.1, 0.15) is 120 Å². The fraction of sp³-hybridized carbons (Fsp3) is 0.925. The number of fused-ring (bicyclic) bond motifs is 5. The molecule has 8 rings (SSSR count). The summed E-state index contributed by atoms with van der Waals surface area (Å²) in [6.07, 6.45) is -7.28. The first kappa shape index (κ1) is 57.2. The number of rotatable bonds is 15. The van der Waals surface area contributed by atoms with Gasteiger partial charge in [-0.05, 0) is 90.4 Å². The van der Waals surface area contributed by atoms with Crippen molar-refractivity contribution in [2.45, 2.75) is 255 Å². The fourth-order valence-electron chi connectivity index (χ4n) is 14.9. The maximum Gasteiger partial charge on any atom is 0.303 e. The van der Waals surface area contributed by atoms with Crippen molar-refractivity contribution >= 4 is 11.9 Å². The fourth-order valence-corrected chi connectivity index (χ4v) is 14.9. The Morgan fingerprint density at radius 2 is 1.18 bits per heavy atom. The molecule has 7 fully saturated rings. The molecule has 0 aromatic rings. The normalized spacial score (nSPS) is 50.4. The lowest BCUT2D eigenvalue weighted by Crippen LogP contribution is -2.72. The topological polar surface area (TPSA) is 244 Å². The van der Waals surface area contributed by atoms with Crippen LogP contribution < -0.4 is 0 Å². The third kappa shape index (κ3) is 10.7. The highest BCUT2D eigenvalue weighted by Gasteiger charge is 2.75. The number of hydrogen-bond acceptors (Lipinski definition) is 20. The van der Waals surface area contributed by atoms with E-state index in [1.165, 1.54) is 21.0 Å². The third-order valence-electron chi connectivity index (χ3n) is 18.6. The molecule has 4 aliphatic carbocycles. The maximum absolute atomic E-state index is 12.9. The second kappa shape index (κ2) is 22.8. The Morgan fingerprint density at radius 1 is 0.658 bits per heavy atom. The van der Waals surface area contributed by atoms with Gasteiger partial charge >= 0.3 is 11.9 Å². The van der Waals surface area contributed by atoms with E-state index in [2.05, 4.69) is 13.0 Å². The quantitative estimate of drug-likeness (QED) is 0.135. The van der Waals surface area contributed by atoms with Crippen LogP contribution in [0.5, 0.6) is 0 Å². The highest BCUT2D eigenvalue weighted by Crippen LogP contribution is 2.69. The Balaban J connectivity index is 0.876. The van der Waals surface area contributed by atoms with E-state index in [1.807, 2.05) is 27.7 Å². The Morgan fingerprint density at radius 3 is 1.67 bits per heavy atom. The van der Waals surface area contributed by atoms with Crippen LogP contribution in [-0.4, -0.2) is 195 Å². The molecule has 0 unspecified atom stereocenters. The molecular formula is C53H86O20. The number of allylic oxidation sites excluding steroid dienone is 1. The van der Waals surface area contributed by atoms with E-state index < -0.39 is 151 Å². The van der Waals surface area contributed by atoms with Crippen LogP contribution in [0, 0.1) is 28.6 Å². The zero-order valence-corrected chi connectivity index (χ0v) is 45.1. The van der Waals surface area contributed by atoms with Crippen molar-refractivity contribution in [1.29, 1.82) is 0 Å². The van der Waals surface area contributed by atoms with Crippen molar-refractivity contribution in [2.75, 3.05) is 28.4 Å². The standard InChI is InChI=1S/C53H86O20/c1-24(54)33-17-19-53(59)34-15-14-31-20-32(16-18-51(31,8)41(34)47(68-29(6)55)49(52(33,53)9)69-30(7)56)70-38-21-35(60-10)44(26(3)64-38)71-39-22-36(61-11)45(27(4)65-39)72-40-23-37(62-12)46(28(5)66-40)73-50-43(58)48(63-13)42(57)25(2)67-50/h14,24-28,32-50,54,57-59H,15-23H2,1-13H3/t24-,25+,26+,27+,28+,32-,33+,34+,35-,36-,37+,38-,39-,40-,41+,42+,43+,44+,45+,46+,47-,48+,49+,50-,51-,52-,53-/m0/s1. The Hall–Kier alpha value is -1.96. The number of carbonyl (C=O) groups is 2. The van der Waals surface area contributed by atoms with Gasteiger partial charge in [0, 0.05) is 72.9 Å². The molecule has 4 saturated heterocycles. The number of aliphatic hydroxyl groups excluding tert-OH is 3. The summed E-state index contributed by atoms with van der Waals surface area (Å²) < 4.78 is 87.1. The average Bonchev–Trinajstić information content (AvgIpc) is 3.62. The Bertz CT molecular complexity index is 1920. The highest BCUT2D eigenvalue weighted by molar-refractivity contribution is 5.68. The van der Waals surface area contributed by atoms with Crippen molar-refractivity contribution in [3.63, 3.8) is 0 Å². The van der Waals surface area contributed by atoms with Gasteiger partial charge in [0.1, 0.15) is 48.8 Å². The number of esters is 2. The van der Waals surface area contributed by atoms with Gasteiger partial charge in [-0.3, -0.25) is 9.59 Å². The van der Waals surface area contributed by atoms with E-state index in [0.717, 1.165) is 5.57 Å². The molecule has 0 spiro atoms. The summed E-state index contributed by atoms with van der Waals surface area (Å²) in [4.78, 5) is 25.7. The van der Waals surface area contributed by atoms with E-state index in [-0.39, 0.29) is 23.9 Å². The van der Waals surface area contributed by atoms with Gasteiger partial charge in [-0.1, -0.05) is 25.5 Å². The van der Waals surface area contributed by atoms with Crippen molar-refractivity contribution in [2.24, 2.45) is 28.6 Å². The van der Waals surface area contributed by atoms with Gasteiger partial charge in [-0.2, -0.15) is 0 Å². The van der Waals surface area contributed by atoms with Gasteiger partial charge in [-0.25, -0.2) is 0 Å². The predicted molar refractivity (Wildman–Crippen MR) is 256 cm³/mol. The van der Waals surface area contributed by atoms with Gasteiger partial charge in [0.25, 0.3) is 0 Å². The molecule has 0 aromatic carbocycles. The van der Waals surface area contributed by atoms with Crippen LogP contribution >= 0.6 is 0 Å². The first-order chi connectivity index (χ1) is 34.5. The molecule has 8 aliphatic rings. The van der Waals surface area contributed by atoms with E-state index in [1.54, 1.807) is 35.2 Å². The summed E-state index contributed by atoms with van der Waals surface area (Å²) in [5, 5.41) is 45.3. The largest absolute Gasteiger partial charge is 0.458 e. The van der Waals surface area contributed by atoms with Gasteiger partial charge in [0.05, 0.1) is 60.5 Å². The minimum atomic E-state index is -1.28. The van der Waals surface area contributed by atoms with E-state index in [4.69, 9.17) is 66.3 Å². The number of aliphatic hydroxyl groups is 4. The van der Waals surface area contributed by atoms with Gasteiger partial charge < -0.3 is 86.7 Å². The predicted octanol–water partition coefficient (Wildman–Crippen LogP) is 3.62. The third-order valence-corrected chi connectivity index (χ3v) is 18.6. The van der Waals surface area contributed by atoms with E-state index in [0.29, 0.717) is 57.8 Å². The van der Waals surface area contributed by atoms with Crippen molar-refractivity contribution < 1.29 is 96.3 Å².